The number of anilines is 1. The van der Waals surface area contributed by atoms with Gasteiger partial charge >= 0.3 is 0 Å². The molecule has 0 radical (unpaired) electrons. The van der Waals surface area contributed by atoms with Crippen LogP contribution in [-0.4, -0.2) is 23.2 Å². The number of hydrogen-bond donors (Lipinski definition) is 2. The van der Waals surface area contributed by atoms with Gasteiger partial charge in [-0.1, -0.05) is 11.8 Å². The first kappa shape index (κ1) is 11.3. The Balaban J connectivity index is 1.69. The number of nitrogens with two attached hydrogens (primary N) is 1. The summed E-state index contributed by atoms with van der Waals surface area (Å²) in [6.07, 6.45) is 4.12. The number of rotatable bonds is 5. The van der Waals surface area contributed by atoms with E-state index in [1.807, 2.05) is 6.07 Å². The van der Waals surface area contributed by atoms with Crippen LogP contribution in [0.2, 0.25) is 0 Å². The van der Waals surface area contributed by atoms with Gasteiger partial charge in [-0.15, -0.1) is 0 Å². The number of thioether (sulfide) groups is 1. The molecule has 86 valence electrons. The molecule has 5 heteroatoms. The van der Waals surface area contributed by atoms with E-state index in [1.54, 1.807) is 12.3 Å². The van der Waals surface area contributed by atoms with E-state index in [2.05, 4.69) is 10.3 Å². The van der Waals surface area contributed by atoms with Gasteiger partial charge in [-0.25, -0.2) is 4.98 Å². The van der Waals surface area contributed by atoms with E-state index < -0.39 is 0 Å². The fourth-order valence-electron chi connectivity index (χ4n) is 1.25. The van der Waals surface area contributed by atoms with Gasteiger partial charge in [0.15, 0.2) is 0 Å². The van der Waals surface area contributed by atoms with Gasteiger partial charge in [0, 0.05) is 6.54 Å². The SMILES string of the molecule is Nc1ccc(SCC(=O)NCC2CC2)nc1. The molecule has 0 saturated heterocycles. The Morgan fingerprint density at radius 2 is 2.38 bits per heavy atom. The molecule has 0 spiro atoms. The van der Waals surface area contributed by atoms with Crippen LogP contribution < -0.4 is 11.1 Å². The van der Waals surface area contributed by atoms with Crippen molar-refractivity contribution in [2.45, 2.75) is 17.9 Å². The van der Waals surface area contributed by atoms with Crippen LogP contribution in [-0.2, 0) is 4.79 Å². The molecule has 1 saturated carbocycles. The highest BCUT2D eigenvalue weighted by Gasteiger charge is 2.21. The second-order valence-electron chi connectivity index (χ2n) is 3.97. The minimum Gasteiger partial charge on any atom is -0.397 e. The van der Waals surface area contributed by atoms with Crippen molar-refractivity contribution < 1.29 is 4.79 Å². The van der Waals surface area contributed by atoms with Crippen LogP contribution in [0.3, 0.4) is 0 Å². The Morgan fingerprint density at radius 3 is 3.00 bits per heavy atom. The molecular formula is C11H15N3OS. The maximum Gasteiger partial charge on any atom is 0.230 e. The Labute approximate surface area is 99.0 Å². The lowest BCUT2D eigenvalue weighted by atomic mass is 10.4. The van der Waals surface area contributed by atoms with Crippen LogP contribution >= 0.6 is 11.8 Å². The average Bonchev–Trinajstić information content (AvgIpc) is 3.09. The minimum absolute atomic E-state index is 0.0792. The summed E-state index contributed by atoms with van der Waals surface area (Å²) in [4.78, 5) is 15.5. The molecule has 16 heavy (non-hydrogen) atoms. The molecule has 3 N–H and O–H groups in total. The van der Waals surface area contributed by atoms with E-state index in [-0.39, 0.29) is 5.91 Å². The summed E-state index contributed by atoms with van der Waals surface area (Å²) in [6.45, 7) is 0.828. The summed E-state index contributed by atoms with van der Waals surface area (Å²) < 4.78 is 0. The largest absolute Gasteiger partial charge is 0.397 e. The molecule has 0 bridgehead atoms. The van der Waals surface area contributed by atoms with Crippen LogP contribution in [0.1, 0.15) is 12.8 Å². The minimum atomic E-state index is 0.0792. The average molecular weight is 237 g/mol. The Hall–Kier alpha value is -1.23. The van der Waals surface area contributed by atoms with Crippen molar-refractivity contribution in [1.29, 1.82) is 0 Å². The van der Waals surface area contributed by atoms with Gasteiger partial charge < -0.3 is 11.1 Å². The predicted molar refractivity (Wildman–Crippen MR) is 65.1 cm³/mol. The zero-order valence-corrected chi connectivity index (χ0v) is 9.80. The first-order valence-corrected chi connectivity index (χ1v) is 6.33. The Bertz CT molecular complexity index is 362. The Kier molecular flexibility index (Phi) is 3.66. The quantitative estimate of drug-likeness (QED) is 0.757. The van der Waals surface area contributed by atoms with Crippen LogP contribution in [0.5, 0.6) is 0 Å². The lowest BCUT2D eigenvalue weighted by Crippen LogP contribution is -2.27. The monoisotopic (exact) mass is 237 g/mol. The lowest BCUT2D eigenvalue weighted by Gasteiger charge is -2.03. The summed E-state index contributed by atoms with van der Waals surface area (Å²) in [5, 5.41) is 3.74. The zero-order valence-electron chi connectivity index (χ0n) is 8.98. The van der Waals surface area contributed by atoms with Gasteiger partial charge in [-0.3, -0.25) is 4.79 Å². The molecular weight excluding hydrogens is 222 g/mol. The number of hydrogen-bond acceptors (Lipinski definition) is 4. The molecule has 0 aromatic carbocycles. The van der Waals surface area contributed by atoms with Crippen molar-refractivity contribution in [3.63, 3.8) is 0 Å². The van der Waals surface area contributed by atoms with Crippen molar-refractivity contribution in [1.82, 2.24) is 10.3 Å². The second-order valence-corrected chi connectivity index (χ2v) is 4.96. The molecule has 4 nitrogen and oxygen atoms in total. The van der Waals surface area contributed by atoms with E-state index in [4.69, 9.17) is 5.73 Å². The van der Waals surface area contributed by atoms with Gasteiger partial charge in [0.1, 0.15) is 0 Å². The summed E-state index contributed by atoms with van der Waals surface area (Å²) >= 11 is 1.43. The van der Waals surface area contributed by atoms with E-state index in [0.717, 1.165) is 17.5 Å². The lowest BCUT2D eigenvalue weighted by molar-refractivity contribution is -0.118. The van der Waals surface area contributed by atoms with Crippen LogP contribution in [0.25, 0.3) is 0 Å². The standard InChI is InChI=1S/C11H15N3OS/c12-9-3-4-11(14-6-9)16-7-10(15)13-5-8-1-2-8/h3-4,6,8H,1-2,5,7,12H2,(H,13,15). The number of nitrogens with zero attached hydrogens (tertiary/aromatic N) is 1. The van der Waals surface area contributed by atoms with Crippen molar-refractivity contribution in [3.8, 4) is 0 Å². The van der Waals surface area contributed by atoms with Crippen molar-refractivity contribution in [2.24, 2.45) is 5.92 Å². The van der Waals surface area contributed by atoms with Crippen molar-refractivity contribution in [3.05, 3.63) is 18.3 Å². The maximum absolute atomic E-state index is 11.4. The number of carbonyl (C=O) groups excluding carboxylic acids is 1. The third-order valence-corrected chi connectivity index (χ3v) is 3.34. The van der Waals surface area contributed by atoms with Crippen LogP contribution in [0, 0.1) is 5.92 Å². The molecule has 1 aromatic heterocycles. The molecule has 1 amide bonds. The van der Waals surface area contributed by atoms with Gasteiger partial charge in [0.05, 0.1) is 22.7 Å². The van der Waals surface area contributed by atoms with Crippen molar-refractivity contribution in [2.75, 3.05) is 18.0 Å². The number of amides is 1. The Morgan fingerprint density at radius 1 is 1.56 bits per heavy atom. The topological polar surface area (TPSA) is 68.0 Å². The van der Waals surface area contributed by atoms with Gasteiger partial charge in [0.2, 0.25) is 5.91 Å². The molecule has 1 heterocycles. The van der Waals surface area contributed by atoms with Crippen LogP contribution in [0.15, 0.2) is 23.4 Å². The number of nitrogens with one attached hydrogen (secondary N) is 1. The second kappa shape index (κ2) is 5.21. The normalized spacial score (nSPS) is 14.8. The van der Waals surface area contributed by atoms with Crippen LogP contribution in [0.4, 0.5) is 5.69 Å². The summed E-state index contributed by atoms with van der Waals surface area (Å²) in [5.41, 5.74) is 6.16. The smallest absolute Gasteiger partial charge is 0.230 e. The number of carbonyl (C=O) groups is 1. The molecule has 1 aromatic rings. The first-order chi connectivity index (χ1) is 7.74. The van der Waals surface area contributed by atoms with Gasteiger partial charge in [0.25, 0.3) is 0 Å². The van der Waals surface area contributed by atoms with E-state index >= 15 is 0 Å². The van der Waals surface area contributed by atoms with E-state index in [9.17, 15) is 4.79 Å². The number of aromatic nitrogens is 1. The number of pyridine rings is 1. The third-order valence-electron chi connectivity index (χ3n) is 2.40. The van der Waals surface area contributed by atoms with Gasteiger partial charge in [-0.2, -0.15) is 0 Å². The molecule has 2 rings (SSSR count). The molecule has 0 aliphatic heterocycles. The molecule has 0 atom stereocenters. The molecule has 1 fully saturated rings. The van der Waals surface area contributed by atoms with E-state index in [0.29, 0.717) is 11.4 Å². The molecule has 0 unspecified atom stereocenters. The molecule has 1 aliphatic rings. The summed E-state index contributed by atoms with van der Waals surface area (Å²) in [5.74, 6) is 1.23. The number of nitrogen functional groups attached to an aromatic ring is 1. The fourth-order valence-corrected chi connectivity index (χ4v) is 1.92. The highest BCUT2D eigenvalue weighted by Crippen LogP contribution is 2.27. The highest BCUT2D eigenvalue weighted by molar-refractivity contribution is 7.99. The fraction of sp³-hybridized carbons (Fsp3) is 0.455. The highest BCUT2D eigenvalue weighted by atomic mass is 32.2. The third kappa shape index (κ3) is 3.73. The summed E-state index contributed by atoms with van der Waals surface area (Å²) in [6, 6.07) is 3.62. The molecule has 1 aliphatic carbocycles. The first-order valence-electron chi connectivity index (χ1n) is 5.35. The summed E-state index contributed by atoms with van der Waals surface area (Å²) in [7, 11) is 0. The predicted octanol–water partition coefficient (Wildman–Crippen LogP) is 1.28. The van der Waals surface area contributed by atoms with Crippen molar-refractivity contribution >= 4 is 23.4 Å². The van der Waals surface area contributed by atoms with Gasteiger partial charge in [-0.05, 0) is 30.9 Å². The zero-order chi connectivity index (χ0) is 11.4. The maximum atomic E-state index is 11.4. The van der Waals surface area contributed by atoms with E-state index in [1.165, 1.54) is 24.6 Å².